The van der Waals surface area contributed by atoms with Crippen LogP contribution in [0.1, 0.15) is 5.69 Å². The number of hydrazine groups is 2. The second-order valence-corrected chi connectivity index (χ2v) is 10.4. The molecule has 4 rings (SSSR count). The summed E-state index contributed by atoms with van der Waals surface area (Å²) in [5, 5.41) is 18.6. The average Bonchev–Trinajstić information content (AvgIpc) is 3.27. The van der Waals surface area contributed by atoms with Gasteiger partial charge in [0.2, 0.25) is 5.78 Å². The number of aliphatic carboxylic acids is 1. The van der Waals surface area contributed by atoms with Crippen molar-refractivity contribution in [2.45, 2.75) is 11.4 Å². The van der Waals surface area contributed by atoms with Crippen molar-refractivity contribution in [1.82, 2.24) is 30.2 Å². The molecule has 2 fully saturated rings. The van der Waals surface area contributed by atoms with Gasteiger partial charge in [-0.15, -0.1) is 28.2 Å². The summed E-state index contributed by atoms with van der Waals surface area (Å²) >= 11 is 3.52. The van der Waals surface area contributed by atoms with Gasteiger partial charge < -0.3 is 21.0 Å². The molecule has 36 heavy (non-hydrogen) atoms. The number of oxime groups is 1. The number of hydrogen-bond acceptors (Lipinski definition) is 14. The Kier molecular flexibility index (Phi) is 7.50. The molecule has 0 spiro atoms. The molecule has 1 aromatic heterocycles. The number of nitrogens with two attached hydrogens (primary N) is 1. The Morgan fingerprint density at radius 1 is 1.42 bits per heavy atom. The van der Waals surface area contributed by atoms with Crippen LogP contribution < -0.4 is 16.5 Å². The highest BCUT2D eigenvalue weighted by atomic mass is 32.2. The fraction of sp³-hybridized carbons (Fsp3) is 0.389. The summed E-state index contributed by atoms with van der Waals surface area (Å²) in [5.41, 5.74) is 8.29. The van der Waals surface area contributed by atoms with Crippen LogP contribution in [0, 0.1) is 0 Å². The first kappa shape index (κ1) is 25.9. The zero-order valence-corrected chi connectivity index (χ0v) is 21.2. The lowest BCUT2D eigenvalue weighted by Crippen LogP contribution is -2.71. The molecule has 0 aliphatic carbocycles. The fourth-order valence-corrected chi connectivity index (χ4v) is 6.54. The topological polar surface area (TPSA) is 200 Å². The Hall–Kier alpha value is -3.19. The van der Waals surface area contributed by atoms with E-state index in [2.05, 4.69) is 20.9 Å². The number of hydrogen-bond donors (Lipinski definition) is 4. The van der Waals surface area contributed by atoms with Crippen molar-refractivity contribution in [3.8, 4) is 0 Å². The average molecular weight is 557 g/mol. The molecule has 0 aromatic carbocycles. The molecule has 2 saturated heterocycles. The number of aromatic nitrogens is 1. The molecular formula is C18H20N8O7S3. The predicted molar refractivity (Wildman–Crippen MR) is 130 cm³/mol. The number of carbonyl (C=O) groups excluding carboxylic acids is 4. The number of nitrogens with zero attached hydrogens (tertiary/aromatic N) is 5. The van der Waals surface area contributed by atoms with E-state index >= 15 is 0 Å². The molecule has 3 aliphatic rings. The van der Waals surface area contributed by atoms with Crippen molar-refractivity contribution in [3.63, 3.8) is 0 Å². The first-order valence-electron chi connectivity index (χ1n) is 10.1. The van der Waals surface area contributed by atoms with E-state index in [1.807, 2.05) is 0 Å². The highest BCUT2D eigenvalue weighted by molar-refractivity contribution is 8.00. The Labute approximate surface area is 216 Å². The van der Waals surface area contributed by atoms with Gasteiger partial charge >= 0.3 is 11.9 Å². The van der Waals surface area contributed by atoms with E-state index in [9.17, 15) is 29.1 Å². The molecule has 18 heteroatoms. The van der Waals surface area contributed by atoms with Crippen LogP contribution in [0.2, 0.25) is 0 Å². The standard InChI is InChI=1S/C18H20N8O7S3/c1-24-22-13(28)9(27)3-25(24)36-5-7-4-34-16-11(15(30)26(16)12(7)17(31)32)21-14(29)10(23-33-2)8-6-35-18(19)20-8/h6,11,16H,3-5H2,1-2H3,(H2,19,20)(H,21,29)(H,22,28)(H,31,32)/t11-,16-/m1/s1. The monoisotopic (exact) mass is 556 g/mol. The summed E-state index contributed by atoms with van der Waals surface area (Å²) in [5.74, 6) is -3.52. The summed E-state index contributed by atoms with van der Waals surface area (Å²) in [6.07, 6.45) is 0. The van der Waals surface area contributed by atoms with Crippen LogP contribution in [0.25, 0.3) is 0 Å². The zero-order chi connectivity index (χ0) is 26.1. The maximum atomic E-state index is 12.9. The third kappa shape index (κ3) is 4.89. The Balaban J connectivity index is 1.46. The molecule has 0 unspecified atom stereocenters. The Morgan fingerprint density at radius 3 is 2.81 bits per heavy atom. The lowest BCUT2D eigenvalue weighted by Gasteiger charge is -2.49. The Morgan fingerprint density at radius 2 is 2.17 bits per heavy atom. The quantitative estimate of drug-likeness (QED) is 0.0922. The van der Waals surface area contributed by atoms with Gasteiger partial charge in [-0.2, -0.15) is 4.41 Å². The van der Waals surface area contributed by atoms with Crippen LogP contribution in [0.15, 0.2) is 21.8 Å². The number of carbonyl (C=O) groups is 5. The highest BCUT2D eigenvalue weighted by Crippen LogP contribution is 2.41. The maximum absolute atomic E-state index is 12.9. The SMILES string of the molecule is CON=C(C(=O)N[C@@H]1C(=O)N2C(C(=O)O)=C(CSN3CC(=O)C(=O)NN3C)CS[C@H]12)c1csc(N)n1. The number of β-lactam (4-membered cyclic amide) rings is 1. The first-order valence-corrected chi connectivity index (χ1v) is 13.0. The number of nitrogen functional groups attached to an aromatic ring is 1. The van der Waals surface area contributed by atoms with Gasteiger partial charge in [0.15, 0.2) is 10.8 Å². The van der Waals surface area contributed by atoms with Crippen molar-refractivity contribution >= 4 is 75.4 Å². The fourth-order valence-electron chi connectivity index (χ4n) is 3.55. The van der Waals surface area contributed by atoms with E-state index in [-0.39, 0.29) is 40.3 Å². The van der Waals surface area contributed by atoms with E-state index in [0.29, 0.717) is 5.57 Å². The minimum Gasteiger partial charge on any atom is -0.477 e. The van der Waals surface area contributed by atoms with Crippen LogP contribution in [0.3, 0.4) is 0 Å². The number of anilines is 1. The smallest absolute Gasteiger partial charge is 0.352 e. The summed E-state index contributed by atoms with van der Waals surface area (Å²) in [7, 11) is 2.80. The van der Waals surface area contributed by atoms with E-state index in [1.165, 1.54) is 33.8 Å². The van der Waals surface area contributed by atoms with E-state index in [0.717, 1.165) is 28.2 Å². The van der Waals surface area contributed by atoms with E-state index in [1.54, 1.807) is 7.05 Å². The zero-order valence-electron chi connectivity index (χ0n) is 18.8. The summed E-state index contributed by atoms with van der Waals surface area (Å²) < 4.78 is 1.48. The number of Topliss-reactive ketones (excluding diaryl/α,β-unsaturated/α-hetero) is 1. The van der Waals surface area contributed by atoms with Crippen LogP contribution in [0.5, 0.6) is 0 Å². The molecule has 3 amide bonds. The molecule has 4 heterocycles. The van der Waals surface area contributed by atoms with Crippen LogP contribution >= 0.6 is 35.0 Å². The summed E-state index contributed by atoms with van der Waals surface area (Å²) in [4.78, 5) is 70.9. The van der Waals surface area contributed by atoms with Crippen molar-refractivity contribution in [3.05, 3.63) is 22.3 Å². The van der Waals surface area contributed by atoms with Gasteiger partial charge in [-0.3, -0.25) is 29.5 Å². The molecule has 0 radical (unpaired) electrons. The summed E-state index contributed by atoms with van der Waals surface area (Å²) in [6, 6.07) is -0.981. The number of nitrogens with one attached hydrogen (secondary N) is 2. The van der Waals surface area contributed by atoms with Gasteiger partial charge in [-0.25, -0.2) is 9.78 Å². The molecule has 3 aliphatic heterocycles. The number of fused-ring (bicyclic) bond motifs is 1. The lowest BCUT2D eigenvalue weighted by atomic mass is 10.0. The lowest BCUT2D eigenvalue weighted by molar-refractivity contribution is -0.151. The number of carboxylic acid groups (broad SMARTS) is 1. The van der Waals surface area contributed by atoms with Gasteiger partial charge in [0, 0.05) is 23.9 Å². The molecule has 192 valence electrons. The second kappa shape index (κ2) is 10.4. The van der Waals surface area contributed by atoms with Gasteiger partial charge in [-0.1, -0.05) is 17.1 Å². The maximum Gasteiger partial charge on any atom is 0.352 e. The molecule has 15 nitrogen and oxygen atoms in total. The number of ketones is 1. The van der Waals surface area contributed by atoms with E-state index < -0.39 is 40.9 Å². The van der Waals surface area contributed by atoms with Crippen LogP contribution in [-0.4, -0.2) is 103 Å². The minimum absolute atomic E-state index is 0.158. The second-order valence-electron chi connectivity index (χ2n) is 7.48. The predicted octanol–water partition coefficient (Wildman–Crippen LogP) is -1.77. The van der Waals surface area contributed by atoms with Crippen molar-refractivity contribution in [2.75, 3.05) is 37.9 Å². The normalized spacial score (nSPS) is 23.2. The molecule has 2 atom stereocenters. The molecule has 0 saturated carbocycles. The molecule has 0 bridgehead atoms. The number of thiazole rings is 1. The number of carboxylic acids is 1. The van der Waals surface area contributed by atoms with Crippen LogP contribution in [0.4, 0.5) is 5.13 Å². The minimum atomic E-state index is -1.29. The van der Waals surface area contributed by atoms with Crippen molar-refractivity contribution < 1.29 is 33.9 Å². The number of amides is 3. The third-order valence-corrected chi connectivity index (χ3v) is 8.38. The Bertz CT molecular complexity index is 1200. The van der Waals surface area contributed by atoms with Gasteiger partial charge in [-0.05, 0) is 5.57 Å². The van der Waals surface area contributed by atoms with Gasteiger partial charge in [0.1, 0.15) is 29.9 Å². The highest BCUT2D eigenvalue weighted by Gasteiger charge is 2.54. The number of rotatable bonds is 8. The third-order valence-electron chi connectivity index (χ3n) is 5.22. The first-order chi connectivity index (χ1) is 17.1. The van der Waals surface area contributed by atoms with Crippen LogP contribution in [-0.2, 0) is 28.8 Å². The summed E-state index contributed by atoms with van der Waals surface area (Å²) in [6.45, 7) is -0.175. The van der Waals surface area contributed by atoms with Crippen molar-refractivity contribution in [1.29, 1.82) is 0 Å². The van der Waals surface area contributed by atoms with E-state index in [4.69, 9.17) is 10.6 Å². The molecule has 1 aromatic rings. The molecular weight excluding hydrogens is 536 g/mol. The molecule has 5 N–H and O–H groups in total. The van der Waals surface area contributed by atoms with Gasteiger partial charge in [0.25, 0.3) is 11.8 Å². The van der Waals surface area contributed by atoms with Gasteiger partial charge in [0.05, 0.1) is 6.54 Å². The number of thioether (sulfide) groups is 1. The van der Waals surface area contributed by atoms with Crippen molar-refractivity contribution in [2.24, 2.45) is 5.16 Å². The largest absolute Gasteiger partial charge is 0.477 e.